The molecule has 0 aliphatic carbocycles. The number of carbonyl (C=O) groups excluding carboxylic acids is 1. The number of cyclic esters (lactones) is 1. The number of fused-ring (bicyclic) bond motifs is 1. The molecule has 0 saturated heterocycles. The largest absolute Gasteiger partial charge is 0.496 e. The van der Waals surface area contributed by atoms with Crippen LogP contribution in [0.1, 0.15) is 17.2 Å². The second-order valence-corrected chi connectivity index (χ2v) is 7.30. The maximum Gasteiger partial charge on any atom is 0.429 e. The average Bonchev–Trinajstić information content (AvgIpc) is 2.60. The summed E-state index contributed by atoms with van der Waals surface area (Å²) in [7, 11) is -2.67. The summed E-state index contributed by atoms with van der Waals surface area (Å²) in [6.45, 7) is 5.50. The van der Waals surface area contributed by atoms with E-state index in [1.165, 1.54) is 25.3 Å². The van der Waals surface area contributed by atoms with Gasteiger partial charge in [-0.3, -0.25) is 0 Å². The maximum atomic E-state index is 13.0. The number of carbonyl (C=O) groups is 1. The maximum absolute atomic E-state index is 13.0. The molecule has 3 rings (SSSR count). The summed E-state index contributed by atoms with van der Waals surface area (Å²) < 4.78 is 37.3. The van der Waals surface area contributed by atoms with Crippen molar-refractivity contribution < 1.29 is 22.7 Å². The lowest BCUT2D eigenvalue weighted by atomic mass is 10.0. The molecule has 0 N–H and O–H groups in total. The lowest BCUT2D eigenvalue weighted by Crippen LogP contribution is -2.41. The third-order valence-electron chi connectivity index (χ3n) is 3.93. The Hall–Kier alpha value is -2.80. The molecule has 2 aromatic rings. The Morgan fingerprint density at radius 1 is 1.20 bits per heavy atom. The average molecular weight is 359 g/mol. The van der Waals surface area contributed by atoms with Crippen molar-refractivity contribution in [1.29, 1.82) is 0 Å². The van der Waals surface area contributed by atoms with Crippen LogP contribution in [0.2, 0.25) is 0 Å². The van der Waals surface area contributed by atoms with Crippen LogP contribution in [0.25, 0.3) is 0 Å². The third kappa shape index (κ3) is 2.76. The van der Waals surface area contributed by atoms with E-state index in [1.54, 1.807) is 30.3 Å². The van der Waals surface area contributed by atoms with Crippen molar-refractivity contribution in [2.24, 2.45) is 0 Å². The second kappa shape index (κ2) is 6.25. The van der Waals surface area contributed by atoms with E-state index in [4.69, 9.17) is 9.47 Å². The number of benzene rings is 2. The zero-order valence-corrected chi connectivity index (χ0v) is 14.6. The van der Waals surface area contributed by atoms with E-state index in [1.807, 2.05) is 6.92 Å². The fourth-order valence-electron chi connectivity index (χ4n) is 2.70. The van der Waals surface area contributed by atoms with E-state index in [9.17, 15) is 13.2 Å². The molecule has 0 radical (unpaired) electrons. The number of anilines is 1. The van der Waals surface area contributed by atoms with Crippen molar-refractivity contribution in [1.82, 2.24) is 0 Å². The predicted molar refractivity (Wildman–Crippen MR) is 93.3 cm³/mol. The quantitative estimate of drug-likeness (QED) is 0.780. The van der Waals surface area contributed by atoms with Gasteiger partial charge in [-0.05, 0) is 37.3 Å². The smallest absolute Gasteiger partial charge is 0.429 e. The number of nitrogens with zero attached hydrogens (tertiary/aromatic N) is 1. The lowest BCUT2D eigenvalue weighted by Gasteiger charge is -2.32. The zero-order chi connectivity index (χ0) is 18.2. The van der Waals surface area contributed by atoms with Crippen LogP contribution in [0.15, 0.2) is 60.0 Å². The van der Waals surface area contributed by atoms with Crippen LogP contribution < -0.4 is 9.04 Å². The molecule has 0 spiro atoms. The van der Waals surface area contributed by atoms with Crippen LogP contribution in [0.3, 0.4) is 0 Å². The first kappa shape index (κ1) is 17.0. The van der Waals surface area contributed by atoms with Gasteiger partial charge in [0.1, 0.15) is 5.75 Å². The molecular weight excluding hydrogens is 342 g/mol. The summed E-state index contributed by atoms with van der Waals surface area (Å²) in [6.07, 6.45) is -0.343. The normalized spacial score (nSPS) is 16.8. The number of amides is 1. The highest BCUT2D eigenvalue weighted by atomic mass is 32.2. The minimum Gasteiger partial charge on any atom is -0.496 e. The van der Waals surface area contributed by atoms with Gasteiger partial charge in [0, 0.05) is 0 Å². The fraction of sp³-hybridized carbons (Fsp3) is 0.167. The summed E-state index contributed by atoms with van der Waals surface area (Å²) in [5.41, 5.74) is 1.55. The summed E-state index contributed by atoms with van der Waals surface area (Å²) in [5.74, 6) is 0.416. The lowest BCUT2D eigenvalue weighted by molar-refractivity contribution is 0.124. The molecule has 0 bridgehead atoms. The summed E-state index contributed by atoms with van der Waals surface area (Å²) >= 11 is 0. The molecule has 1 amide bonds. The zero-order valence-electron chi connectivity index (χ0n) is 13.8. The SMILES string of the molecule is C=CC1OC(=O)N(S(=O)(=O)c2ccc(C)cc2)c2cccc(OC)c21. The molecule has 1 aliphatic rings. The highest BCUT2D eigenvalue weighted by Gasteiger charge is 2.41. The van der Waals surface area contributed by atoms with Crippen LogP contribution in [-0.4, -0.2) is 21.6 Å². The van der Waals surface area contributed by atoms with Crippen molar-refractivity contribution in [2.75, 3.05) is 11.4 Å². The minimum absolute atomic E-state index is 0.000808. The first-order chi connectivity index (χ1) is 11.9. The molecule has 1 heterocycles. The molecule has 0 fully saturated rings. The molecule has 1 atom stereocenters. The van der Waals surface area contributed by atoms with Crippen LogP contribution >= 0.6 is 0 Å². The Kier molecular flexibility index (Phi) is 4.26. The van der Waals surface area contributed by atoms with Crippen molar-refractivity contribution >= 4 is 21.8 Å². The number of hydrogen-bond acceptors (Lipinski definition) is 5. The second-order valence-electron chi connectivity index (χ2n) is 5.52. The third-order valence-corrected chi connectivity index (χ3v) is 5.63. The van der Waals surface area contributed by atoms with Crippen LogP contribution in [-0.2, 0) is 14.8 Å². The van der Waals surface area contributed by atoms with Crippen LogP contribution in [0, 0.1) is 6.92 Å². The van der Waals surface area contributed by atoms with Gasteiger partial charge in [-0.25, -0.2) is 13.2 Å². The number of aryl methyl sites for hydroxylation is 1. The Bertz CT molecular complexity index is 934. The van der Waals surface area contributed by atoms with E-state index in [0.29, 0.717) is 15.6 Å². The van der Waals surface area contributed by atoms with Crippen molar-refractivity contribution in [3.8, 4) is 5.75 Å². The molecule has 25 heavy (non-hydrogen) atoms. The number of hydrogen-bond donors (Lipinski definition) is 0. The van der Waals surface area contributed by atoms with E-state index >= 15 is 0 Å². The fourth-order valence-corrected chi connectivity index (χ4v) is 4.04. The van der Waals surface area contributed by atoms with Crippen molar-refractivity contribution in [3.05, 3.63) is 66.2 Å². The Morgan fingerprint density at radius 2 is 1.88 bits per heavy atom. The van der Waals surface area contributed by atoms with Gasteiger partial charge in [-0.15, -0.1) is 0 Å². The monoisotopic (exact) mass is 359 g/mol. The molecule has 0 aromatic heterocycles. The molecule has 2 aromatic carbocycles. The topological polar surface area (TPSA) is 72.9 Å². The first-order valence-corrected chi connectivity index (χ1v) is 8.96. The molecule has 130 valence electrons. The van der Waals surface area contributed by atoms with E-state index in [0.717, 1.165) is 5.56 Å². The Balaban J connectivity index is 2.22. The number of methoxy groups -OCH3 is 1. The summed E-state index contributed by atoms with van der Waals surface area (Å²) in [5, 5.41) is 0. The van der Waals surface area contributed by atoms with E-state index in [2.05, 4.69) is 6.58 Å². The number of rotatable bonds is 4. The van der Waals surface area contributed by atoms with Gasteiger partial charge in [-0.2, -0.15) is 4.31 Å². The van der Waals surface area contributed by atoms with Gasteiger partial charge < -0.3 is 9.47 Å². The highest BCUT2D eigenvalue weighted by Crippen LogP contribution is 2.43. The summed E-state index contributed by atoms with van der Waals surface area (Å²) in [4.78, 5) is 12.4. The molecular formula is C18H17NO5S. The van der Waals surface area contributed by atoms with Gasteiger partial charge in [0.2, 0.25) is 0 Å². The minimum atomic E-state index is -4.13. The van der Waals surface area contributed by atoms with Gasteiger partial charge in [0.25, 0.3) is 10.0 Å². The van der Waals surface area contributed by atoms with Crippen LogP contribution in [0.5, 0.6) is 5.75 Å². The number of sulfonamides is 1. The first-order valence-electron chi connectivity index (χ1n) is 7.52. The molecule has 1 unspecified atom stereocenters. The molecule has 7 heteroatoms. The van der Waals surface area contributed by atoms with E-state index in [-0.39, 0.29) is 10.6 Å². The standard InChI is InChI=1S/C18H17NO5S/c1-4-15-17-14(6-5-7-16(17)23-3)19(18(20)24-15)25(21,22)13-10-8-12(2)9-11-13/h4-11,15H,1H2,2-3H3. The van der Waals surface area contributed by atoms with Crippen molar-refractivity contribution in [3.63, 3.8) is 0 Å². The van der Waals surface area contributed by atoms with Gasteiger partial charge in [0.15, 0.2) is 6.10 Å². The van der Waals surface area contributed by atoms with Crippen molar-refractivity contribution in [2.45, 2.75) is 17.9 Å². The van der Waals surface area contributed by atoms with Crippen LogP contribution in [0.4, 0.5) is 10.5 Å². The molecule has 1 aliphatic heterocycles. The number of ether oxygens (including phenoxy) is 2. The highest BCUT2D eigenvalue weighted by molar-refractivity contribution is 7.93. The van der Waals surface area contributed by atoms with Gasteiger partial charge in [0.05, 0.1) is 23.3 Å². The molecule has 0 saturated carbocycles. The Morgan fingerprint density at radius 3 is 2.48 bits per heavy atom. The molecule has 6 nitrogen and oxygen atoms in total. The Labute approximate surface area is 146 Å². The van der Waals surface area contributed by atoms with Gasteiger partial charge in [-0.1, -0.05) is 30.3 Å². The van der Waals surface area contributed by atoms with E-state index < -0.39 is 22.2 Å². The summed E-state index contributed by atoms with van der Waals surface area (Å²) in [6, 6.07) is 11.1. The van der Waals surface area contributed by atoms with Gasteiger partial charge >= 0.3 is 6.09 Å². The predicted octanol–water partition coefficient (Wildman–Crippen LogP) is 3.58.